The van der Waals surface area contributed by atoms with Crippen LogP contribution in [0.5, 0.6) is 0 Å². The van der Waals surface area contributed by atoms with Gasteiger partial charge in [-0.05, 0) is 55.4 Å². The number of carbonyl (C=O) groups is 1. The lowest BCUT2D eigenvalue weighted by Gasteiger charge is -2.32. The number of aromatic nitrogens is 2. The molecule has 0 fully saturated rings. The SMILES string of the molecule is O=C(Nc1cccc2ccccc12)c1nn2c(c1Br)N[C@H](c1ccc(Br)o1)C[C@@H]2C(F)(F)F. The lowest BCUT2D eigenvalue weighted by Crippen LogP contribution is -2.35. The van der Waals surface area contributed by atoms with Gasteiger partial charge in [-0.25, -0.2) is 4.68 Å². The van der Waals surface area contributed by atoms with E-state index in [1.807, 2.05) is 30.3 Å². The first-order valence-corrected chi connectivity index (χ1v) is 11.5. The first kappa shape index (κ1) is 22.0. The minimum Gasteiger partial charge on any atom is -0.452 e. The summed E-state index contributed by atoms with van der Waals surface area (Å²) in [4.78, 5) is 13.1. The van der Waals surface area contributed by atoms with Crippen LogP contribution in [0.15, 0.2) is 68.2 Å². The maximum absolute atomic E-state index is 13.9. The Bertz CT molecular complexity index is 1360. The van der Waals surface area contributed by atoms with Crippen LogP contribution in [0.1, 0.15) is 34.8 Å². The van der Waals surface area contributed by atoms with Gasteiger partial charge in [-0.2, -0.15) is 18.3 Å². The molecule has 2 atom stereocenters. The van der Waals surface area contributed by atoms with Crippen molar-refractivity contribution in [3.05, 3.63) is 75.2 Å². The predicted molar refractivity (Wildman–Crippen MR) is 124 cm³/mol. The molecule has 4 aromatic rings. The molecule has 0 unspecified atom stereocenters. The molecule has 2 aromatic carbocycles. The van der Waals surface area contributed by atoms with Gasteiger partial charge in [-0.3, -0.25) is 4.79 Å². The third kappa shape index (κ3) is 4.04. The fourth-order valence-corrected chi connectivity index (χ4v) is 4.83. The quantitative estimate of drug-likeness (QED) is 0.271. The van der Waals surface area contributed by atoms with E-state index in [2.05, 4.69) is 47.6 Å². The van der Waals surface area contributed by atoms with Crippen molar-refractivity contribution >= 4 is 60.0 Å². The summed E-state index contributed by atoms with van der Waals surface area (Å²) >= 11 is 6.46. The van der Waals surface area contributed by atoms with Crippen molar-refractivity contribution in [1.29, 1.82) is 0 Å². The van der Waals surface area contributed by atoms with E-state index >= 15 is 0 Å². The summed E-state index contributed by atoms with van der Waals surface area (Å²) in [5.74, 6) is -0.221. The fraction of sp³-hybridized carbons (Fsp3) is 0.182. The molecule has 0 spiro atoms. The number of hydrogen-bond acceptors (Lipinski definition) is 4. The summed E-state index contributed by atoms with van der Waals surface area (Å²) in [5.41, 5.74) is 0.385. The zero-order valence-corrected chi connectivity index (χ0v) is 19.8. The highest BCUT2D eigenvalue weighted by molar-refractivity contribution is 9.10. The summed E-state index contributed by atoms with van der Waals surface area (Å²) in [6.07, 6.45) is -4.91. The lowest BCUT2D eigenvalue weighted by atomic mass is 10.0. The van der Waals surface area contributed by atoms with Gasteiger partial charge in [0.15, 0.2) is 16.4 Å². The molecule has 0 radical (unpaired) electrons. The van der Waals surface area contributed by atoms with Crippen LogP contribution in [0.25, 0.3) is 10.8 Å². The number of rotatable bonds is 3. The van der Waals surface area contributed by atoms with E-state index in [0.717, 1.165) is 15.5 Å². The first-order valence-electron chi connectivity index (χ1n) is 9.88. The van der Waals surface area contributed by atoms with Gasteiger partial charge in [-0.1, -0.05) is 36.4 Å². The maximum Gasteiger partial charge on any atom is 0.410 e. The minimum absolute atomic E-state index is 0.0594. The van der Waals surface area contributed by atoms with Crippen LogP contribution in [-0.2, 0) is 0 Å². The molecule has 6 nitrogen and oxygen atoms in total. The van der Waals surface area contributed by atoms with Gasteiger partial charge in [0.25, 0.3) is 5.91 Å². The van der Waals surface area contributed by atoms with E-state index in [4.69, 9.17) is 4.42 Å². The maximum atomic E-state index is 13.9. The minimum atomic E-state index is -4.58. The van der Waals surface area contributed by atoms with E-state index in [0.29, 0.717) is 16.1 Å². The molecule has 1 amide bonds. The zero-order valence-electron chi connectivity index (χ0n) is 16.7. The summed E-state index contributed by atoms with van der Waals surface area (Å²) in [6.45, 7) is 0. The molecule has 0 bridgehead atoms. The number of halogens is 5. The Labute approximate surface area is 202 Å². The second-order valence-corrected chi connectivity index (χ2v) is 9.14. The van der Waals surface area contributed by atoms with Gasteiger partial charge in [0, 0.05) is 17.5 Å². The number of nitrogens with one attached hydrogen (secondary N) is 2. The number of hydrogen-bond donors (Lipinski definition) is 2. The molecule has 33 heavy (non-hydrogen) atoms. The van der Waals surface area contributed by atoms with Crippen LogP contribution in [0.4, 0.5) is 24.7 Å². The highest BCUT2D eigenvalue weighted by Gasteiger charge is 2.48. The number of nitrogens with zero attached hydrogens (tertiary/aromatic N) is 2. The highest BCUT2D eigenvalue weighted by atomic mass is 79.9. The summed E-state index contributed by atoms with van der Waals surface area (Å²) in [7, 11) is 0. The van der Waals surface area contributed by atoms with Crippen molar-refractivity contribution in [2.75, 3.05) is 10.6 Å². The molecule has 0 aliphatic carbocycles. The van der Waals surface area contributed by atoms with Crippen molar-refractivity contribution in [2.45, 2.75) is 24.7 Å². The normalized spacial score (nSPS) is 18.1. The fourth-order valence-electron chi connectivity index (χ4n) is 3.95. The molecule has 1 aliphatic heterocycles. The van der Waals surface area contributed by atoms with Crippen LogP contribution in [0, 0.1) is 0 Å². The molecule has 2 aromatic heterocycles. The average Bonchev–Trinajstić information content (AvgIpc) is 3.36. The molecule has 0 saturated carbocycles. The van der Waals surface area contributed by atoms with Crippen LogP contribution in [-0.4, -0.2) is 21.9 Å². The topological polar surface area (TPSA) is 72.1 Å². The second-order valence-electron chi connectivity index (χ2n) is 7.57. The van der Waals surface area contributed by atoms with Crippen molar-refractivity contribution < 1.29 is 22.4 Å². The Morgan fingerprint density at radius 3 is 2.61 bits per heavy atom. The van der Waals surface area contributed by atoms with E-state index < -0.39 is 24.2 Å². The van der Waals surface area contributed by atoms with E-state index in [9.17, 15) is 18.0 Å². The largest absolute Gasteiger partial charge is 0.452 e. The monoisotopic (exact) mass is 582 g/mol. The number of furan rings is 1. The van der Waals surface area contributed by atoms with Crippen LogP contribution in [0.3, 0.4) is 0 Å². The highest BCUT2D eigenvalue weighted by Crippen LogP contribution is 2.46. The van der Waals surface area contributed by atoms with Gasteiger partial charge >= 0.3 is 6.18 Å². The Kier molecular flexibility index (Phi) is 5.48. The van der Waals surface area contributed by atoms with Crippen molar-refractivity contribution in [2.24, 2.45) is 0 Å². The zero-order chi connectivity index (χ0) is 23.3. The number of amides is 1. The Hall–Kier alpha value is -2.79. The number of fused-ring (bicyclic) bond motifs is 2. The summed E-state index contributed by atoms with van der Waals surface area (Å²) < 4.78 is 48.6. The molecule has 0 saturated heterocycles. The molecular weight excluding hydrogens is 569 g/mol. The van der Waals surface area contributed by atoms with E-state index in [1.54, 1.807) is 24.3 Å². The summed E-state index contributed by atoms with van der Waals surface area (Å²) in [6, 6.07) is 13.4. The Morgan fingerprint density at radius 1 is 1.12 bits per heavy atom. The molecular formula is C22H15Br2F3N4O2. The Morgan fingerprint density at radius 2 is 1.88 bits per heavy atom. The average molecular weight is 584 g/mol. The standard InChI is InChI=1S/C22H15Br2F3N4O2/c23-17-9-8-15(33-17)14-10-16(22(25,26)27)31-20(28-14)18(24)19(30-31)21(32)29-13-7-3-5-11-4-1-2-6-12(11)13/h1-9,14,16,28H,10H2,(H,29,32)/t14-,16+/m0/s1. The predicted octanol–water partition coefficient (Wildman–Crippen LogP) is 7.07. The van der Waals surface area contributed by atoms with Crippen LogP contribution >= 0.6 is 31.9 Å². The number of carbonyl (C=O) groups excluding carboxylic acids is 1. The number of benzene rings is 2. The molecule has 1 aliphatic rings. The summed E-state index contributed by atoms with van der Waals surface area (Å²) in [5, 5.41) is 11.6. The van der Waals surface area contributed by atoms with Crippen LogP contribution in [0.2, 0.25) is 0 Å². The first-order chi connectivity index (χ1) is 15.7. The smallest absolute Gasteiger partial charge is 0.410 e. The van der Waals surface area contributed by atoms with Gasteiger partial charge in [0.05, 0.1) is 10.5 Å². The number of alkyl halides is 3. The molecule has 2 N–H and O–H groups in total. The van der Waals surface area contributed by atoms with Crippen molar-refractivity contribution in [3.8, 4) is 0 Å². The Balaban J connectivity index is 1.52. The van der Waals surface area contributed by atoms with Gasteiger partial charge < -0.3 is 15.1 Å². The van der Waals surface area contributed by atoms with Gasteiger partial charge in [-0.15, -0.1) is 0 Å². The number of anilines is 2. The lowest BCUT2D eigenvalue weighted by molar-refractivity contribution is -0.174. The molecule has 11 heteroatoms. The van der Waals surface area contributed by atoms with E-state index in [-0.39, 0.29) is 22.4 Å². The second kappa shape index (κ2) is 8.21. The van der Waals surface area contributed by atoms with Gasteiger partial charge in [0.2, 0.25) is 0 Å². The van der Waals surface area contributed by atoms with Crippen molar-refractivity contribution in [1.82, 2.24) is 9.78 Å². The van der Waals surface area contributed by atoms with Crippen LogP contribution < -0.4 is 10.6 Å². The third-order valence-corrected chi connectivity index (χ3v) is 6.66. The molecule has 170 valence electrons. The molecule has 3 heterocycles. The van der Waals surface area contributed by atoms with E-state index in [1.165, 1.54) is 0 Å². The van der Waals surface area contributed by atoms with Crippen molar-refractivity contribution in [3.63, 3.8) is 0 Å². The van der Waals surface area contributed by atoms with Gasteiger partial charge in [0.1, 0.15) is 11.6 Å². The third-order valence-electron chi connectivity index (χ3n) is 5.49. The molecule has 5 rings (SSSR count).